The number of amides is 1. The van der Waals surface area contributed by atoms with E-state index in [0.29, 0.717) is 6.54 Å². The monoisotopic (exact) mass is 360 g/mol. The number of carbonyl (C=O) groups excluding carboxylic acids is 1. The molecule has 2 heterocycles. The number of hydrogen-bond donors (Lipinski definition) is 1. The lowest BCUT2D eigenvalue weighted by Gasteiger charge is -2.36. The van der Waals surface area contributed by atoms with Gasteiger partial charge in [-0.25, -0.2) is 9.97 Å². The molecule has 1 aliphatic carbocycles. The van der Waals surface area contributed by atoms with Crippen LogP contribution in [0, 0.1) is 0 Å². The fourth-order valence-electron chi connectivity index (χ4n) is 4.09. The summed E-state index contributed by atoms with van der Waals surface area (Å²) in [5, 5.41) is 3.20. The summed E-state index contributed by atoms with van der Waals surface area (Å²) in [6.07, 6.45) is 12.3. The maximum Gasteiger partial charge on any atom is 0.230 e. The zero-order valence-corrected chi connectivity index (χ0v) is 15.3. The Hall–Kier alpha value is -2.95. The highest BCUT2D eigenvalue weighted by Gasteiger charge is 2.40. The van der Waals surface area contributed by atoms with Crippen molar-refractivity contribution in [2.75, 3.05) is 0 Å². The van der Waals surface area contributed by atoms with Gasteiger partial charge in [-0.15, -0.1) is 0 Å². The molecule has 0 atom stereocenters. The summed E-state index contributed by atoms with van der Waals surface area (Å²) >= 11 is 0. The average Bonchev–Trinajstić information content (AvgIpc) is 3.28. The Bertz CT molecular complexity index is 884. The number of imidazole rings is 1. The van der Waals surface area contributed by atoms with Gasteiger partial charge in [0.2, 0.25) is 5.91 Å². The predicted molar refractivity (Wildman–Crippen MR) is 104 cm³/mol. The van der Waals surface area contributed by atoms with Gasteiger partial charge < -0.3 is 5.32 Å². The van der Waals surface area contributed by atoms with Crippen LogP contribution in [-0.2, 0) is 16.8 Å². The standard InChI is InChI=1S/C22H24N4O/c27-21(22(11-5-2-6-12-22)19-9-3-1-4-10-19)25-16-18-8-7-13-24-20(18)26-15-14-23-17-26/h1,3-4,7-10,13-15,17H,2,5-6,11-12,16H2,(H,25,27). The molecule has 1 N–H and O–H groups in total. The van der Waals surface area contributed by atoms with Crippen molar-refractivity contribution >= 4 is 5.91 Å². The highest BCUT2D eigenvalue weighted by Crippen LogP contribution is 2.39. The Morgan fingerprint density at radius 1 is 1.04 bits per heavy atom. The molecular formula is C22H24N4O. The van der Waals surface area contributed by atoms with E-state index < -0.39 is 5.41 Å². The number of carbonyl (C=O) groups is 1. The Kier molecular flexibility index (Phi) is 5.01. The van der Waals surface area contributed by atoms with E-state index >= 15 is 0 Å². The smallest absolute Gasteiger partial charge is 0.230 e. The van der Waals surface area contributed by atoms with Crippen LogP contribution < -0.4 is 5.32 Å². The lowest BCUT2D eigenvalue weighted by atomic mass is 9.68. The second kappa shape index (κ2) is 7.74. The molecule has 1 fully saturated rings. The zero-order valence-electron chi connectivity index (χ0n) is 15.3. The van der Waals surface area contributed by atoms with Gasteiger partial charge in [-0.05, 0) is 24.5 Å². The van der Waals surface area contributed by atoms with Gasteiger partial charge in [0.1, 0.15) is 12.1 Å². The largest absolute Gasteiger partial charge is 0.351 e. The predicted octanol–water partition coefficient (Wildman–Crippen LogP) is 3.79. The first-order chi connectivity index (χ1) is 13.3. The van der Waals surface area contributed by atoms with Crippen molar-refractivity contribution < 1.29 is 4.79 Å². The van der Waals surface area contributed by atoms with Crippen LogP contribution in [0.2, 0.25) is 0 Å². The molecule has 0 spiro atoms. The molecular weight excluding hydrogens is 336 g/mol. The van der Waals surface area contributed by atoms with Crippen LogP contribution in [0.3, 0.4) is 0 Å². The topological polar surface area (TPSA) is 59.8 Å². The third-order valence-corrected chi connectivity index (χ3v) is 5.52. The highest BCUT2D eigenvalue weighted by atomic mass is 16.2. The molecule has 0 saturated heterocycles. The van der Waals surface area contributed by atoms with Crippen molar-refractivity contribution in [3.05, 3.63) is 78.5 Å². The highest BCUT2D eigenvalue weighted by molar-refractivity contribution is 5.88. The lowest BCUT2D eigenvalue weighted by molar-refractivity contribution is -0.128. The van der Waals surface area contributed by atoms with E-state index in [1.807, 2.05) is 41.1 Å². The Morgan fingerprint density at radius 2 is 1.85 bits per heavy atom. The van der Waals surface area contributed by atoms with E-state index in [9.17, 15) is 4.79 Å². The maximum atomic E-state index is 13.3. The molecule has 1 amide bonds. The molecule has 0 unspecified atom stereocenters. The number of aromatic nitrogens is 3. The van der Waals surface area contributed by atoms with Crippen molar-refractivity contribution in [1.29, 1.82) is 0 Å². The van der Waals surface area contributed by atoms with Gasteiger partial charge >= 0.3 is 0 Å². The molecule has 0 bridgehead atoms. The summed E-state index contributed by atoms with van der Waals surface area (Å²) in [4.78, 5) is 21.9. The van der Waals surface area contributed by atoms with Crippen LogP contribution in [0.15, 0.2) is 67.4 Å². The molecule has 2 aromatic heterocycles. The van der Waals surface area contributed by atoms with Crippen LogP contribution in [0.25, 0.3) is 5.82 Å². The van der Waals surface area contributed by atoms with Crippen molar-refractivity contribution in [1.82, 2.24) is 19.9 Å². The fraction of sp³-hybridized carbons (Fsp3) is 0.318. The van der Waals surface area contributed by atoms with Gasteiger partial charge in [-0.1, -0.05) is 55.7 Å². The molecule has 1 aromatic carbocycles. The molecule has 0 radical (unpaired) electrons. The molecule has 1 aliphatic rings. The van der Waals surface area contributed by atoms with E-state index in [0.717, 1.165) is 42.6 Å². The third-order valence-electron chi connectivity index (χ3n) is 5.52. The third kappa shape index (κ3) is 3.50. The van der Waals surface area contributed by atoms with E-state index in [2.05, 4.69) is 27.4 Å². The van der Waals surface area contributed by atoms with Crippen LogP contribution in [0.5, 0.6) is 0 Å². The SMILES string of the molecule is O=C(NCc1cccnc1-n1ccnc1)C1(c2ccccc2)CCCCC1. The van der Waals surface area contributed by atoms with Crippen molar-refractivity contribution in [3.63, 3.8) is 0 Å². The van der Waals surface area contributed by atoms with Crippen molar-refractivity contribution in [3.8, 4) is 5.82 Å². The van der Waals surface area contributed by atoms with E-state index in [1.165, 1.54) is 6.42 Å². The number of hydrogen-bond acceptors (Lipinski definition) is 3. The summed E-state index contributed by atoms with van der Waals surface area (Å²) < 4.78 is 1.87. The van der Waals surface area contributed by atoms with Gasteiger partial charge in [0.15, 0.2) is 0 Å². The molecule has 5 nitrogen and oxygen atoms in total. The second-order valence-corrected chi connectivity index (χ2v) is 7.15. The Morgan fingerprint density at radius 3 is 2.59 bits per heavy atom. The molecule has 3 aromatic rings. The summed E-state index contributed by atoms with van der Waals surface area (Å²) in [6.45, 7) is 0.453. The summed E-state index contributed by atoms with van der Waals surface area (Å²) in [7, 11) is 0. The van der Waals surface area contributed by atoms with Crippen molar-refractivity contribution in [2.45, 2.75) is 44.1 Å². The molecule has 0 aliphatic heterocycles. The summed E-state index contributed by atoms with van der Waals surface area (Å²) in [6, 6.07) is 14.1. The van der Waals surface area contributed by atoms with Crippen LogP contribution in [0.4, 0.5) is 0 Å². The minimum Gasteiger partial charge on any atom is -0.351 e. The second-order valence-electron chi connectivity index (χ2n) is 7.15. The van der Waals surface area contributed by atoms with Gasteiger partial charge in [0.25, 0.3) is 0 Å². The summed E-state index contributed by atoms with van der Waals surface area (Å²) in [5.74, 6) is 0.918. The minimum atomic E-state index is -0.420. The molecule has 5 heteroatoms. The normalized spacial score (nSPS) is 16.0. The quantitative estimate of drug-likeness (QED) is 0.753. The van der Waals surface area contributed by atoms with E-state index in [-0.39, 0.29) is 5.91 Å². The maximum absolute atomic E-state index is 13.3. The van der Waals surface area contributed by atoms with Crippen LogP contribution in [0.1, 0.15) is 43.2 Å². The molecule has 4 rings (SSSR count). The van der Waals surface area contributed by atoms with Gasteiger partial charge in [-0.2, -0.15) is 0 Å². The summed E-state index contributed by atoms with van der Waals surface area (Å²) in [5.41, 5.74) is 1.68. The van der Waals surface area contributed by atoms with Crippen molar-refractivity contribution in [2.24, 2.45) is 0 Å². The minimum absolute atomic E-state index is 0.119. The van der Waals surface area contributed by atoms with Gasteiger partial charge in [-0.3, -0.25) is 9.36 Å². The number of nitrogens with zero attached hydrogens (tertiary/aromatic N) is 3. The molecule has 138 valence electrons. The van der Waals surface area contributed by atoms with E-state index in [1.54, 1.807) is 18.7 Å². The first-order valence-electron chi connectivity index (χ1n) is 9.56. The number of nitrogens with one attached hydrogen (secondary N) is 1. The number of rotatable bonds is 5. The number of benzene rings is 1. The van der Waals surface area contributed by atoms with E-state index in [4.69, 9.17) is 0 Å². The number of pyridine rings is 1. The van der Waals surface area contributed by atoms with Gasteiger partial charge in [0, 0.05) is 30.7 Å². The Labute approximate surface area is 159 Å². The fourth-order valence-corrected chi connectivity index (χ4v) is 4.09. The lowest BCUT2D eigenvalue weighted by Crippen LogP contribution is -2.45. The van der Waals surface area contributed by atoms with Gasteiger partial charge in [0.05, 0.1) is 5.41 Å². The van der Waals surface area contributed by atoms with Crippen LogP contribution in [-0.4, -0.2) is 20.4 Å². The average molecular weight is 360 g/mol. The first kappa shape index (κ1) is 17.5. The molecule has 1 saturated carbocycles. The molecule has 27 heavy (non-hydrogen) atoms. The van der Waals surface area contributed by atoms with Crippen LogP contribution >= 0.6 is 0 Å². The first-order valence-corrected chi connectivity index (χ1v) is 9.56. The zero-order chi connectivity index (χ0) is 18.5. The Balaban J connectivity index is 1.57.